The van der Waals surface area contributed by atoms with Crippen LogP contribution in [0.5, 0.6) is 0 Å². The van der Waals surface area contributed by atoms with Crippen molar-refractivity contribution in [1.29, 1.82) is 0 Å². The molecule has 0 spiro atoms. The average molecular weight is 1290 g/mol. The van der Waals surface area contributed by atoms with Gasteiger partial charge in [0, 0.05) is 96.9 Å². The fourth-order valence-corrected chi connectivity index (χ4v) is 11.5. The Kier molecular flexibility index (Phi) is 35.6. The fourth-order valence-electron chi connectivity index (χ4n) is 9.96. The van der Waals surface area contributed by atoms with Crippen LogP contribution in [-0.2, 0) is 70.2 Å². The number of ether oxygens (including phenoxy) is 3. The molecule has 1 saturated heterocycles. The van der Waals surface area contributed by atoms with Gasteiger partial charge in [-0.25, -0.2) is 24.1 Å². The van der Waals surface area contributed by atoms with E-state index < -0.39 is 58.0 Å². The van der Waals surface area contributed by atoms with Crippen molar-refractivity contribution in [3.8, 4) is 0 Å². The van der Waals surface area contributed by atoms with E-state index >= 15 is 0 Å². The number of aliphatic hydroxyl groups is 2. The predicted molar refractivity (Wildman–Crippen MR) is 320 cm³/mol. The highest BCUT2D eigenvalue weighted by Gasteiger charge is 2.44. The SMILES string of the molecule is COP(=O)(O)OC[C@H]1C[C@@H](n2cnc3c(N)ncnc32)C[C@@H]1OP(=O)(O)OC[C@@H]1C[C@@H](O)CN1C(=O)CCCCCCCCC(=O)NC(COCCC(=O)NCCCN)(COCCC(=O)NCCCN)COCCC(=O)NCCCNC(=O)CCCCO. The lowest BCUT2D eigenvalue weighted by molar-refractivity contribution is -0.133. The topological polar surface area (TPSA) is 467 Å². The predicted octanol–water partition coefficient (Wildman–Crippen LogP) is 0.498. The van der Waals surface area contributed by atoms with Crippen molar-refractivity contribution in [3.05, 3.63) is 12.7 Å². The number of nitrogens with zero attached hydrogens (tertiary/aromatic N) is 5. The Morgan fingerprint density at radius 1 is 0.648 bits per heavy atom. The number of phosphoric ester groups is 2. The smallest absolute Gasteiger partial charge is 0.396 e. The molecule has 34 heteroatoms. The molecule has 2 aliphatic rings. The van der Waals surface area contributed by atoms with Gasteiger partial charge in [0.1, 0.15) is 17.4 Å². The monoisotopic (exact) mass is 1290 g/mol. The van der Waals surface area contributed by atoms with Crippen LogP contribution >= 0.6 is 15.6 Å². The third-order valence-corrected chi connectivity index (χ3v) is 16.6. The second-order valence-electron chi connectivity index (χ2n) is 22.0. The van der Waals surface area contributed by atoms with Gasteiger partial charge in [-0.1, -0.05) is 25.7 Å². The number of amides is 6. The number of aromatic nitrogens is 4. The molecule has 88 heavy (non-hydrogen) atoms. The molecule has 502 valence electrons. The van der Waals surface area contributed by atoms with Crippen LogP contribution < -0.4 is 43.8 Å². The van der Waals surface area contributed by atoms with Crippen LogP contribution in [0.1, 0.15) is 134 Å². The lowest BCUT2D eigenvalue weighted by Gasteiger charge is -2.34. The van der Waals surface area contributed by atoms with Gasteiger partial charge in [0.25, 0.3) is 0 Å². The zero-order valence-electron chi connectivity index (χ0n) is 50.8. The van der Waals surface area contributed by atoms with Crippen LogP contribution in [0, 0.1) is 5.92 Å². The largest absolute Gasteiger partial charge is 0.472 e. The summed E-state index contributed by atoms with van der Waals surface area (Å²) in [5.41, 5.74) is 16.5. The maximum absolute atomic E-state index is 13.7. The standard InChI is InChI=1S/C54H97N13O19P2/c1-80-87(76,77)84-33-40-29-41(67-39-64-51-52(57)62-38-63-53(51)67)31-44(40)86-88(78,79)85-34-42-30-43(69)32-66(42)50(75)15-7-5-3-2-4-6-14-49(74)65-54(35-81-26-16-46(71)58-21-10-19-55,36-82-27-17-47(72)59-22-11-20-56)37-83-28-18-48(73)61-24-12-23-60-45(70)13-8-9-25-68/h38-44,68-69H,2-37,55-56H2,1H3,(H,58,71)(H,59,72)(H,60,70)(H,61,73)(H,65,74)(H,76,77)(H,78,79)(H2,57,62,63)/t40-,41-,42+,43-,44+/m1/s1. The number of nitrogen functional groups attached to an aromatic ring is 1. The molecule has 15 N–H and O–H groups in total. The van der Waals surface area contributed by atoms with E-state index in [1.165, 1.54) is 17.6 Å². The minimum absolute atomic E-state index is 0.00173. The van der Waals surface area contributed by atoms with Gasteiger partial charge in [-0.15, -0.1) is 0 Å². The van der Waals surface area contributed by atoms with E-state index in [9.17, 15) is 52.8 Å². The van der Waals surface area contributed by atoms with Crippen molar-refractivity contribution in [2.24, 2.45) is 17.4 Å². The molecule has 1 aliphatic carbocycles. The number of β-amino-alcohol motifs (C(OH)–C–C–N with tert-alkyl or cyclic N) is 1. The number of fused-ring (bicyclic) bond motifs is 1. The van der Waals surface area contributed by atoms with Crippen LogP contribution in [0.25, 0.3) is 11.2 Å². The minimum atomic E-state index is -4.84. The molecular weight excluding hydrogens is 1200 g/mol. The number of carbonyl (C=O) groups excluding carboxylic acids is 6. The third kappa shape index (κ3) is 29.4. The summed E-state index contributed by atoms with van der Waals surface area (Å²) in [6.45, 7) is 1.14. The summed E-state index contributed by atoms with van der Waals surface area (Å²) >= 11 is 0. The van der Waals surface area contributed by atoms with Gasteiger partial charge in [-0.05, 0) is 77.3 Å². The molecule has 2 fully saturated rings. The van der Waals surface area contributed by atoms with Gasteiger partial charge in [0.05, 0.1) is 77.4 Å². The average Bonchev–Trinajstić information content (AvgIpc) is 1.78. The summed E-state index contributed by atoms with van der Waals surface area (Å²) in [7, 11) is -8.26. The molecule has 6 amide bonds. The number of imidazole rings is 1. The van der Waals surface area contributed by atoms with E-state index in [2.05, 4.69) is 46.1 Å². The van der Waals surface area contributed by atoms with E-state index in [1.54, 1.807) is 4.57 Å². The molecule has 3 heterocycles. The molecule has 7 atom stereocenters. The molecule has 1 aliphatic heterocycles. The number of aliphatic hydroxyl groups excluding tert-OH is 2. The molecule has 0 bridgehead atoms. The van der Waals surface area contributed by atoms with E-state index in [-0.39, 0.29) is 152 Å². The molecule has 1 saturated carbocycles. The highest BCUT2D eigenvalue weighted by Crippen LogP contribution is 2.52. The Morgan fingerprint density at radius 3 is 1.74 bits per heavy atom. The summed E-state index contributed by atoms with van der Waals surface area (Å²) in [5.74, 6) is -2.04. The number of anilines is 1. The summed E-state index contributed by atoms with van der Waals surface area (Å²) in [6.07, 6.45) is 8.69. The molecule has 2 aromatic rings. The van der Waals surface area contributed by atoms with Gasteiger partial charge in [0.2, 0.25) is 35.4 Å². The molecule has 4 rings (SSSR count). The number of phosphoric acid groups is 2. The van der Waals surface area contributed by atoms with E-state index in [0.29, 0.717) is 115 Å². The fraction of sp³-hybridized carbons (Fsp3) is 0.796. The van der Waals surface area contributed by atoms with Crippen molar-refractivity contribution in [1.82, 2.24) is 51.0 Å². The first-order chi connectivity index (χ1) is 42.2. The molecule has 0 radical (unpaired) electrons. The summed E-state index contributed by atoms with van der Waals surface area (Å²) in [5, 5.41) is 33.7. The summed E-state index contributed by atoms with van der Waals surface area (Å²) in [6, 6.07) is -1.15. The van der Waals surface area contributed by atoms with Gasteiger partial charge < -0.3 is 87.5 Å². The molecule has 2 aromatic heterocycles. The van der Waals surface area contributed by atoms with Crippen LogP contribution in [0.4, 0.5) is 5.82 Å². The first-order valence-corrected chi connectivity index (χ1v) is 33.4. The quantitative estimate of drug-likeness (QED) is 0.0317. The molecule has 0 aromatic carbocycles. The van der Waals surface area contributed by atoms with E-state index in [4.69, 9.17) is 50.1 Å². The first-order valence-electron chi connectivity index (χ1n) is 30.4. The van der Waals surface area contributed by atoms with E-state index in [1.807, 2.05) is 0 Å². The first kappa shape index (κ1) is 75.6. The molecule has 2 unspecified atom stereocenters. The Labute approximate surface area is 514 Å². The normalized spacial score (nSPS) is 19.1. The van der Waals surface area contributed by atoms with Gasteiger partial charge in [-0.2, -0.15) is 0 Å². The second kappa shape index (κ2) is 41.5. The number of unbranched alkanes of at least 4 members (excludes halogenated alkanes) is 6. The summed E-state index contributed by atoms with van der Waals surface area (Å²) < 4.78 is 66.3. The third-order valence-electron chi connectivity index (χ3n) is 14.7. The van der Waals surface area contributed by atoms with E-state index in [0.717, 1.165) is 20.0 Å². The van der Waals surface area contributed by atoms with Crippen molar-refractivity contribution >= 4 is 68.1 Å². The Balaban J connectivity index is 1.26. The minimum Gasteiger partial charge on any atom is -0.396 e. The van der Waals surface area contributed by atoms with Crippen LogP contribution in [-0.4, -0.2) is 216 Å². The van der Waals surface area contributed by atoms with Crippen molar-refractivity contribution in [2.45, 2.75) is 158 Å². The highest BCUT2D eigenvalue weighted by molar-refractivity contribution is 7.47. The maximum atomic E-state index is 13.7. The Hall–Kier alpha value is -4.89. The summed E-state index contributed by atoms with van der Waals surface area (Å²) in [4.78, 5) is 112. The zero-order chi connectivity index (χ0) is 64.2. The molecular formula is C54H97N13O19P2. The highest BCUT2D eigenvalue weighted by atomic mass is 31.2. The second-order valence-corrected chi connectivity index (χ2v) is 25.0. The molecule has 32 nitrogen and oxygen atoms in total. The maximum Gasteiger partial charge on any atom is 0.472 e. The zero-order valence-corrected chi connectivity index (χ0v) is 52.6. The number of carbonyl (C=O) groups is 6. The van der Waals surface area contributed by atoms with Crippen molar-refractivity contribution < 1.29 is 90.2 Å². The van der Waals surface area contributed by atoms with Crippen LogP contribution in [0.15, 0.2) is 12.7 Å². The lowest BCUT2D eigenvalue weighted by atomic mass is 10.0. The van der Waals surface area contributed by atoms with Crippen molar-refractivity contribution in [3.63, 3.8) is 0 Å². The Morgan fingerprint density at radius 2 is 1.17 bits per heavy atom. The number of rotatable bonds is 49. The van der Waals surface area contributed by atoms with Crippen molar-refractivity contribution in [2.75, 3.05) is 118 Å². The Bertz CT molecular complexity index is 2490. The van der Waals surface area contributed by atoms with Gasteiger partial charge in [-0.3, -0.25) is 46.9 Å². The number of hydrogen-bond donors (Lipinski definition) is 12. The van der Waals surface area contributed by atoms with Crippen LogP contribution in [0.3, 0.4) is 0 Å². The van der Waals surface area contributed by atoms with Crippen LogP contribution in [0.2, 0.25) is 0 Å². The lowest BCUT2D eigenvalue weighted by Crippen LogP contribution is -2.58. The number of likely N-dealkylation sites (tertiary alicyclic amines) is 1. The number of hydrogen-bond acceptors (Lipinski definition) is 23. The van der Waals surface area contributed by atoms with Gasteiger partial charge >= 0.3 is 15.6 Å². The number of nitrogens with two attached hydrogens (primary N) is 3. The number of nitrogens with one attached hydrogen (secondary N) is 5. The van der Waals surface area contributed by atoms with Gasteiger partial charge in [0.15, 0.2) is 11.5 Å².